The van der Waals surface area contributed by atoms with Gasteiger partial charge in [-0.25, -0.2) is 4.79 Å². The van der Waals surface area contributed by atoms with Crippen LogP contribution in [-0.4, -0.2) is 23.2 Å². The maximum absolute atomic E-state index is 12.1. The fourth-order valence-corrected chi connectivity index (χ4v) is 2.23. The molecular formula is C18H17N3O4. The number of aryl methyl sites for hydroxylation is 1. The molecule has 25 heavy (non-hydrogen) atoms. The molecule has 128 valence electrons. The van der Waals surface area contributed by atoms with Gasteiger partial charge in [0, 0.05) is 11.3 Å². The number of carbonyl (C=O) groups is 1. The standard InChI is InChI=1S/C18H17N3O4/c1-11-4-3-5-14(16(11)19)18(22)24-10-15-20-17(21-25-15)12-6-8-13(23-2)9-7-12/h3-9H,10,19H2,1-2H3. The van der Waals surface area contributed by atoms with E-state index in [9.17, 15) is 4.79 Å². The molecule has 0 spiro atoms. The summed E-state index contributed by atoms with van der Waals surface area (Å²) in [5, 5.41) is 3.88. The molecular weight excluding hydrogens is 322 g/mol. The first kappa shape index (κ1) is 16.5. The Morgan fingerprint density at radius 3 is 2.68 bits per heavy atom. The van der Waals surface area contributed by atoms with Crippen molar-refractivity contribution in [3.63, 3.8) is 0 Å². The van der Waals surface area contributed by atoms with E-state index in [2.05, 4.69) is 10.1 Å². The van der Waals surface area contributed by atoms with E-state index in [-0.39, 0.29) is 12.5 Å². The first-order valence-electron chi connectivity index (χ1n) is 7.57. The highest BCUT2D eigenvalue weighted by Crippen LogP contribution is 2.21. The number of rotatable bonds is 5. The van der Waals surface area contributed by atoms with Crippen LogP contribution in [0.25, 0.3) is 11.4 Å². The van der Waals surface area contributed by atoms with Crippen LogP contribution in [0.3, 0.4) is 0 Å². The smallest absolute Gasteiger partial charge is 0.340 e. The largest absolute Gasteiger partial charge is 0.497 e. The molecule has 0 aliphatic heterocycles. The first-order valence-corrected chi connectivity index (χ1v) is 7.57. The molecule has 0 atom stereocenters. The van der Waals surface area contributed by atoms with E-state index in [0.29, 0.717) is 17.1 Å². The summed E-state index contributed by atoms with van der Waals surface area (Å²) < 4.78 is 15.4. The molecule has 1 aromatic heterocycles. The molecule has 0 aliphatic carbocycles. The van der Waals surface area contributed by atoms with Crippen molar-refractivity contribution in [2.24, 2.45) is 0 Å². The number of ether oxygens (including phenoxy) is 2. The Bertz CT molecular complexity index is 888. The van der Waals surface area contributed by atoms with Crippen molar-refractivity contribution in [2.75, 3.05) is 12.8 Å². The molecule has 0 bridgehead atoms. The van der Waals surface area contributed by atoms with Crippen LogP contribution in [0, 0.1) is 6.92 Å². The Labute approximate surface area is 144 Å². The van der Waals surface area contributed by atoms with Crippen LogP contribution in [-0.2, 0) is 11.3 Å². The van der Waals surface area contributed by atoms with E-state index in [4.69, 9.17) is 19.7 Å². The molecule has 1 heterocycles. The number of esters is 1. The molecule has 7 nitrogen and oxygen atoms in total. The van der Waals surface area contributed by atoms with Gasteiger partial charge in [-0.05, 0) is 42.8 Å². The SMILES string of the molecule is COc1ccc(-c2noc(COC(=O)c3cccc(C)c3N)n2)cc1. The van der Waals surface area contributed by atoms with E-state index in [1.807, 2.05) is 25.1 Å². The number of aromatic nitrogens is 2. The van der Waals surface area contributed by atoms with Crippen molar-refractivity contribution in [2.45, 2.75) is 13.5 Å². The van der Waals surface area contributed by atoms with Crippen molar-refractivity contribution in [3.05, 3.63) is 59.5 Å². The molecule has 0 amide bonds. The molecule has 0 unspecified atom stereocenters. The summed E-state index contributed by atoms with van der Waals surface area (Å²) in [6.07, 6.45) is 0. The number of nitrogen functional groups attached to an aromatic ring is 1. The third kappa shape index (κ3) is 3.60. The zero-order chi connectivity index (χ0) is 17.8. The number of benzene rings is 2. The Balaban J connectivity index is 1.67. The van der Waals surface area contributed by atoms with Gasteiger partial charge in [-0.1, -0.05) is 17.3 Å². The summed E-state index contributed by atoms with van der Waals surface area (Å²) >= 11 is 0. The van der Waals surface area contributed by atoms with Crippen LogP contribution >= 0.6 is 0 Å². The van der Waals surface area contributed by atoms with Crippen molar-refractivity contribution in [1.82, 2.24) is 10.1 Å². The van der Waals surface area contributed by atoms with Crippen molar-refractivity contribution < 1.29 is 18.8 Å². The molecule has 3 rings (SSSR count). The predicted molar refractivity (Wildman–Crippen MR) is 91.0 cm³/mol. The maximum Gasteiger partial charge on any atom is 0.340 e. The molecule has 0 aliphatic rings. The summed E-state index contributed by atoms with van der Waals surface area (Å²) in [6, 6.07) is 12.4. The van der Waals surface area contributed by atoms with Gasteiger partial charge in [-0.3, -0.25) is 0 Å². The zero-order valence-corrected chi connectivity index (χ0v) is 13.9. The number of anilines is 1. The lowest BCUT2D eigenvalue weighted by molar-refractivity contribution is 0.0431. The van der Waals surface area contributed by atoms with E-state index in [0.717, 1.165) is 16.9 Å². The summed E-state index contributed by atoms with van der Waals surface area (Å²) in [5.74, 6) is 0.803. The summed E-state index contributed by atoms with van der Waals surface area (Å²) in [4.78, 5) is 16.3. The third-order valence-electron chi connectivity index (χ3n) is 3.69. The van der Waals surface area contributed by atoms with Crippen molar-refractivity contribution in [3.8, 4) is 17.1 Å². The highest BCUT2D eigenvalue weighted by molar-refractivity contribution is 5.95. The normalized spacial score (nSPS) is 10.5. The number of methoxy groups -OCH3 is 1. The predicted octanol–water partition coefficient (Wildman–Crippen LogP) is 2.99. The van der Waals surface area contributed by atoms with Crippen LogP contribution in [0.1, 0.15) is 21.8 Å². The average Bonchev–Trinajstić information content (AvgIpc) is 3.11. The van der Waals surface area contributed by atoms with Gasteiger partial charge < -0.3 is 19.7 Å². The van der Waals surface area contributed by atoms with E-state index in [1.165, 1.54) is 0 Å². The lowest BCUT2D eigenvalue weighted by atomic mass is 10.1. The van der Waals surface area contributed by atoms with Crippen LogP contribution < -0.4 is 10.5 Å². The molecule has 0 fully saturated rings. The fraction of sp³-hybridized carbons (Fsp3) is 0.167. The fourth-order valence-electron chi connectivity index (χ4n) is 2.23. The number of nitrogens with zero attached hydrogens (tertiary/aromatic N) is 2. The van der Waals surface area contributed by atoms with Crippen LogP contribution in [0.15, 0.2) is 47.0 Å². The quantitative estimate of drug-likeness (QED) is 0.563. The number of para-hydroxylation sites is 1. The molecule has 0 radical (unpaired) electrons. The van der Waals surface area contributed by atoms with Gasteiger partial charge in [0.2, 0.25) is 5.82 Å². The van der Waals surface area contributed by atoms with Gasteiger partial charge in [0.25, 0.3) is 5.89 Å². The second kappa shape index (κ2) is 7.04. The van der Waals surface area contributed by atoms with Gasteiger partial charge >= 0.3 is 5.97 Å². The molecule has 2 N–H and O–H groups in total. The van der Waals surface area contributed by atoms with Crippen LogP contribution in [0.5, 0.6) is 5.75 Å². The Kier molecular flexibility index (Phi) is 4.65. The Morgan fingerprint density at radius 2 is 1.96 bits per heavy atom. The first-order chi connectivity index (χ1) is 12.1. The summed E-state index contributed by atoms with van der Waals surface area (Å²) in [6.45, 7) is 1.70. The molecule has 0 saturated heterocycles. The maximum atomic E-state index is 12.1. The van der Waals surface area contributed by atoms with E-state index >= 15 is 0 Å². The van der Waals surface area contributed by atoms with Crippen LogP contribution in [0.4, 0.5) is 5.69 Å². The highest BCUT2D eigenvalue weighted by atomic mass is 16.6. The number of nitrogens with two attached hydrogens (primary N) is 1. The minimum Gasteiger partial charge on any atom is -0.497 e. The van der Waals surface area contributed by atoms with E-state index in [1.54, 1.807) is 31.4 Å². The monoisotopic (exact) mass is 339 g/mol. The minimum absolute atomic E-state index is 0.130. The van der Waals surface area contributed by atoms with Crippen molar-refractivity contribution >= 4 is 11.7 Å². The number of carbonyl (C=O) groups excluding carboxylic acids is 1. The number of hydrogen-bond donors (Lipinski definition) is 1. The Hall–Kier alpha value is -3.35. The lowest BCUT2D eigenvalue weighted by Gasteiger charge is -2.07. The van der Waals surface area contributed by atoms with Crippen molar-refractivity contribution in [1.29, 1.82) is 0 Å². The van der Waals surface area contributed by atoms with Gasteiger partial charge in [-0.2, -0.15) is 4.98 Å². The van der Waals surface area contributed by atoms with E-state index < -0.39 is 5.97 Å². The minimum atomic E-state index is -0.537. The molecule has 2 aromatic carbocycles. The third-order valence-corrected chi connectivity index (χ3v) is 3.69. The molecule has 7 heteroatoms. The second-order valence-corrected chi connectivity index (χ2v) is 5.35. The lowest BCUT2D eigenvalue weighted by Crippen LogP contribution is -2.09. The second-order valence-electron chi connectivity index (χ2n) is 5.35. The molecule has 0 saturated carbocycles. The van der Waals surface area contributed by atoms with Crippen LogP contribution in [0.2, 0.25) is 0 Å². The summed E-state index contributed by atoms with van der Waals surface area (Å²) in [7, 11) is 1.59. The number of hydrogen-bond acceptors (Lipinski definition) is 7. The van der Waals surface area contributed by atoms with Gasteiger partial charge in [0.1, 0.15) is 5.75 Å². The molecule has 3 aromatic rings. The van der Waals surface area contributed by atoms with Gasteiger partial charge in [0.15, 0.2) is 6.61 Å². The van der Waals surface area contributed by atoms with Gasteiger partial charge in [-0.15, -0.1) is 0 Å². The Morgan fingerprint density at radius 1 is 1.20 bits per heavy atom. The zero-order valence-electron chi connectivity index (χ0n) is 13.9. The topological polar surface area (TPSA) is 100 Å². The highest BCUT2D eigenvalue weighted by Gasteiger charge is 2.15. The van der Waals surface area contributed by atoms with Gasteiger partial charge in [0.05, 0.1) is 12.7 Å². The average molecular weight is 339 g/mol. The summed E-state index contributed by atoms with van der Waals surface area (Å²) in [5.41, 5.74) is 8.19.